The molecule has 124 valence electrons. The number of hydrogen-bond acceptors (Lipinski definition) is 2. The summed E-state index contributed by atoms with van der Waals surface area (Å²) in [5.41, 5.74) is 2.62. The number of nitrogens with one attached hydrogen (secondary N) is 1. The molecule has 1 aliphatic heterocycles. The maximum atomic E-state index is 12.4. The van der Waals surface area contributed by atoms with Crippen LogP contribution in [-0.2, 0) is 6.42 Å². The van der Waals surface area contributed by atoms with Crippen LogP contribution in [0.15, 0.2) is 24.3 Å². The fourth-order valence-electron chi connectivity index (χ4n) is 3.14. The molecule has 1 N–H and O–H groups in total. The SMILES string of the molecule is Cc1ccccc1CC(C)NC1CCN(CC(F)(F)F)CC1. The van der Waals surface area contributed by atoms with E-state index in [0.717, 1.165) is 19.3 Å². The Labute approximate surface area is 130 Å². The zero-order chi connectivity index (χ0) is 16.2. The Balaban J connectivity index is 1.75. The van der Waals surface area contributed by atoms with Crippen molar-refractivity contribution in [2.75, 3.05) is 19.6 Å². The Morgan fingerprint density at radius 3 is 2.45 bits per heavy atom. The number of piperidine rings is 1. The molecule has 22 heavy (non-hydrogen) atoms. The summed E-state index contributed by atoms with van der Waals surface area (Å²) >= 11 is 0. The van der Waals surface area contributed by atoms with Crippen LogP contribution in [0.4, 0.5) is 13.2 Å². The molecule has 0 amide bonds. The summed E-state index contributed by atoms with van der Waals surface area (Å²) in [4.78, 5) is 1.50. The van der Waals surface area contributed by atoms with E-state index in [2.05, 4.69) is 31.3 Å². The third-order valence-corrected chi connectivity index (χ3v) is 4.30. The standard InChI is InChI=1S/C17H25F3N2/c1-13-5-3-4-6-15(13)11-14(2)21-16-7-9-22(10-8-16)12-17(18,19)20/h3-6,14,16,21H,7-12H2,1-2H3. The topological polar surface area (TPSA) is 15.3 Å². The van der Waals surface area contributed by atoms with Crippen LogP contribution >= 0.6 is 0 Å². The molecule has 2 rings (SSSR count). The maximum Gasteiger partial charge on any atom is 0.401 e. The van der Waals surface area contributed by atoms with Crippen LogP contribution in [0.25, 0.3) is 0 Å². The summed E-state index contributed by atoms with van der Waals surface area (Å²) < 4.78 is 37.1. The number of aryl methyl sites for hydroxylation is 1. The van der Waals surface area contributed by atoms with Crippen molar-refractivity contribution in [3.8, 4) is 0 Å². The van der Waals surface area contributed by atoms with Gasteiger partial charge in [0.25, 0.3) is 0 Å². The fraction of sp³-hybridized carbons (Fsp3) is 0.647. The molecule has 0 radical (unpaired) electrons. The van der Waals surface area contributed by atoms with Gasteiger partial charge in [0, 0.05) is 12.1 Å². The Hall–Kier alpha value is -1.07. The molecular formula is C17H25F3N2. The minimum Gasteiger partial charge on any atom is -0.311 e. The van der Waals surface area contributed by atoms with E-state index in [1.165, 1.54) is 16.0 Å². The number of benzene rings is 1. The number of hydrogen-bond donors (Lipinski definition) is 1. The van der Waals surface area contributed by atoms with Gasteiger partial charge in [-0.15, -0.1) is 0 Å². The first-order valence-electron chi connectivity index (χ1n) is 7.93. The van der Waals surface area contributed by atoms with Gasteiger partial charge in [0.15, 0.2) is 0 Å². The van der Waals surface area contributed by atoms with Crippen LogP contribution < -0.4 is 5.32 Å². The number of likely N-dealkylation sites (tertiary alicyclic amines) is 1. The van der Waals surface area contributed by atoms with E-state index >= 15 is 0 Å². The minimum atomic E-state index is -4.08. The van der Waals surface area contributed by atoms with E-state index < -0.39 is 12.7 Å². The second-order valence-corrected chi connectivity index (χ2v) is 6.36. The predicted octanol–water partition coefficient (Wildman–Crippen LogP) is 3.54. The first-order valence-corrected chi connectivity index (χ1v) is 7.93. The zero-order valence-electron chi connectivity index (χ0n) is 13.3. The Morgan fingerprint density at radius 1 is 1.23 bits per heavy atom. The summed E-state index contributed by atoms with van der Waals surface area (Å²) in [5, 5.41) is 3.57. The smallest absolute Gasteiger partial charge is 0.311 e. The van der Waals surface area contributed by atoms with Gasteiger partial charge in [-0.25, -0.2) is 0 Å². The average molecular weight is 314 g/mol. The highest BCUT2D eigenvalue weighted by Gasteiger charge is 2.32. The normalized spacial score (nSPS) is 19.3. The van der Waals surface area contributed by atoms with Gasteiger partial charge in [0.05, 0.1) is 6.54 Å². The monoisotopic (exact) mass is 314 g/mol. The maximum absolute atomic E-state index is 12.4. The highest BCUT2D eigenvalue weighted by molar-refractivity contribution is 5.26. The van der Waals surface area contributed by atoms with Crippen molar-refractivity contribution in [3.63, 3.8) is 0 Å². The second-order valence-electron chi connectivity index (χ2n) is 6.36. The summed E-state index contributed by atoms with van der Waals surface area (Å²) in [6.45, 7) is 4.52. The second kappa shape index (κ2) is 7.47. The van der Waals surface area contributed by atoms with Crippen LogP contribution in [0.5, 0.6) is 0 Å². The fourth-order valence-corrected chi connectivity index (χ4v) is 3.14. The van der Waals surface area contributed by atoms with Gasteiger partial charge in [0.1, 0.15) is 0 Å². The Kier molecular flexibility index (Phi) is 5.87. The molecule has 2 nitrogen and oxygen atoms in total. The molecule has 0 aromatic heterocycles. The molecule has 1 aromatic carbocycles. The summed E-state index contributed by atoms with van der Waals surface area (Å²) in [5.74, 6) is 0. The molecule has 1 unspecified atom stereocenters. The third-order valence-electron chi connectivity index (χ3n) is 4.30. The highest BCUT2D eigenvalue weighted by atomic mass is 19.4. The van der Waals surface area contributed by atoms with Gasteiger partial charge in [-0.3, -0.25) is 4.90 Å². The van der Waals surface area contributed by atoms with Crippen molar-refractivity contribution >= 4 is 0 Å². The van der Waals surface area contributed by atoms with Crippen molar-refractivity contribution < 1.29 is 13.2 Å². The van der Waals surface area contributed by atoms with E-state index in [-0.39, 0.29) is 0 Å². The van der Waals surface area contributed by atoms with Gasteiger partial charge < -0.3 is 5.32 Å². The zero-order valence-corrected chi connectivity index (χ0v) is 13.3. The first kappa shape index (κ1) is 17.3. The van der Waals surface area contributed by atoms with Crippen molar-refractivity contribution in [3.05, 3.63) is 35.4 Å². The first-order chi connectivity index (χ1) is 10.3. The van der Waals surface area contributed by atoms with Crippen molar-refractivity contribution in [1.29, 1.82) is 0 Å². The van der Waals surface area contributed by atoms with E-state index in [0.29, 0.717) is 25.2 Å². The summed E-state index contributed by atoms with van der Waals surface area (Å²) in [6.07, 6.45) is -1.56. The molecule has 0 saturated carbocycles. The summed E-state index contributed by atoms with van der Waals surface area (Å²) in [6, 6.07) is 8.98. The van der Waals surface area contributed by atoms with Crippen molar-refractivity contribution in [2.45, 2.75) is 51.4 Å². The van der Waals surface area contributed by atoms with Gasteiger partial charge in [-0.1, -0.05) is 24.3 Å². The minimum absolute atomic E-state index is 0.323. The molecule has 0 bridgehead atoms. The molecule has 1 saturated heterocycles. The van der Waals surface area contributed by atoms with Crippen molar-refractivity contribution in [2.24, 2.45) is 0 Å². The molecule has 0 aliphatic carbocycles. The molecule has 0 spiro atoms. The Morgan fingerprint density at radius 2 is 1.86 bits per heavy atom. The lowest BCUT2D eigenvalue weighted by atomic mass is 9.99. The quantitative estimate of drug-likeness (QED) is 0.894. The third kappa shape index (κ3) is 5.61. The molecule has 1 aliphatic rings. The van der Waals surface area contributed by atoms with E-state index in [4.69, 9.17) is 0 Å². The Bertz CT molecular complexity index is 465. The average Bonchev–Trinajstić information content (AvgIpc) is 2.42. The van der Waals surface area contributed by atoms with Crippen LogP contribution in [0.1, 0.15) is 30.9 Å². The number of nitrogens with zero attached hydrogens (tertiary/aromatic N) is 1. The van der Waals surface area contributed by atoms with Crippen LogP contribution in [0.3, 0.4) is 0 Å². The molecular weight excluding hydrogens is 289 g/mol. The van der Waals surface area contributed by atoms with E-state index in [1.54, 1.807) is 0 Å². The predicted molar refractivity (Wildman–Crippen MR) is 83.0 cm³/mol. The van der Waals surface area contributed by atoms with Crippen molar-refractivity contribution in [1.82, 2.24) is 10.2 Å². The number of alkyl halides is 3. The lowest BCUT2D eigenvalue weighted by Gasteiger charge is -2.34. The van der Waals surface area contributed by atoms with Crippen LogP contribution in [0.2, 0.25) is 0 Å². The molecule has 1 atom stereocenters. The molecule has 1 aromatic rings. The lowest BCUT2D eigenvalue weighted by molar-refractivity contribution is -0.148. The largest absolute Gasteiger partial charge is 0.401 e. The van der Waals surface area contributed by atoms with Crippen LogP contribution in [0, 0.1) is 6.92 Å². The number of rotatable bonds is 5. The van der Waals surface area contributed by atoms with E-state index in [9.17, 15) is 13.2 Å². The van der Waals surface area contributed by atoms with Gasteiger partial charge in [-0.2, -0.15) is 13.2 Å². The highest BCUT2D eigenvalue weighted by Crippen LogP contribution is 2.20. The van der Waals surface area contributed by atoms with Gasteiger partial charge in [-0.05, 0) is 57.3 Å². The molecule has 5 heteroatoms. The molecule has 1 fully saturated rings. The number of halogens is 3. The summed E-state index contributed by atoms with van der Waals surface area (Å²) in [7, 11) is 0. The molecule has 1 heterocycles. The van der Waals surface area contributed by atoms with E-state index in [1.807, 2.05) is 12.1 Å². The van der Waals surface area contributed by atoms with Gasteiger partial charge in [0.2, 0.25) is 0 Å². The lowest BCUT2D eigenvalue weighted by Crippen LogP contribution is -2.48. The van der Waals surface area contributed by atoms with Crippen LogP contribution in [-0.4, -0.2) is 42.8 Å². The van der Waals surface area contributed by atoms with Gasteiger partial charge >= 0.3 is 6.18 Å².